The maximum atomic E-state index is 5.74. The number of benzene rings is 1. The Labute approximate surface area is 106 Å². The number of furan rings is 1. The highest BCUT2D eigenvalue weighted by Crippen LogP contribution is 2.19. The van der Waals surface area contributed by atoms with Gasteiger partial charge in [-0.15, -0.1) is 0 Å². The van der Waals surface area contributed by atoms with Crippen LogP contribution >= 0.6 is 0 Å². The van der Waals surface area contributed by atoms with Crippen LogP contribution in [-0.2, 0) is 11.3 Å². The third kappa shape index (κ3) is 3.12. The van der Waals surface area contributed by atoms with Crippen LogP contribution in [0.15, 0.2) is 47.1 Å². The van der Waals surface area contributed by atoms with Crippen LogP contribution in [0.3, 0.4) is 0 Å². The molecule has 2 aromatic rings. The van der Waals surface area contributed by atoms with Crippen molar-refractivity contribution >= 4 is 0 Å². The van der Waals surface area contributed by atoms with Crippen molar-refractivity contribution in [3.8, 4) is 5.75 Å². The SMILES string of the molecule is COc1ccc(COC(CN)c2ccco2)cc1. The second-order valence-electron chi connectivity index (χ2n) is 3.90. The maximum Gasteiger partial charge on any atom is 0.133 e. The lowest BCUT2D eigenvalue weighted by molar-refractivity contribution is 0.0314. The largest absolute Gasteiger partial charge is 0.497 e. The zero-order valence-electron chi connectivity index (χ0n) is 10.3. The molecule has 18 heavy (non-hydrogen) atoms. The van der Waals surface area contributed by atoms with Crippen LogP contribution in [0.25, 0.3) is 0 Å². The van der Waals surface area contributed by atoms with Crippen molar-refractivity contribution in [2.45, 2.75) is 12.7 Å². The van der Waals surface area contributed by atoms with Gasteiger partial charge in [0.15, 0.2) is 0 Å². The monoisotopic (exact) mass is 247 g/mol. The van der Waals surface area contributed by atoms with Gasteiger partial charge in [0, 0.05) is 6.54 Å². The molecule has 4 heteroatoms. The predicted octanol–water partition coefficient (Wildman–Crippen LogP) is 2.50. The van der Waals surface area contributed by atoms with Gasteiger partial charge in [0.05, 0.1) is 20.0 Å². The van der Waals surface area contributed by atoms with Gasteiger partial charge in [-0.25, -0.2) is 0 Å². The lowest BCUT2D eigenvalue weighted by Crippen LogP contribution is -2.15. The third-order valence-corrected chi connectivity index (χ3v) is 2.68. The molecule has 0 radical (unpaired) electrons. The van der Waals surface area contributed by atoms with Crippen LogP contribution in [0.4, 0.5) is 0 Å². The summed E-state index contributed by atoms with van der Waals surface area (Å²) in [5, 5.41) is 0. The van der Waals surface area contributed by atoms with E-state index in [9.17, 15) is 0 Å². The van der Waals surface area contributed by atoms with Gasteiger partial charge in [-0.2, -0.15) is 0 Å². The first kappa shape index (κ1) is 12.7. The zero-order valence-corrected chi connectivity index (χ0v) is 10.3. The quantitative estimate of drug-likeness (QED) is 0.852. The number of hydrogen-bond donors (Lipinski definition) is 1. The molecule has 0 amide bonds. The van der Waals surface area contributed by atoms with Crippen LogP contribution in [0.5, 0.6) is 5.75 Å². The van der Waals surface area contributed by atoms with Crippen LogP contribution in [0, 0.1) is 0 Å². The van der Waals surface area contributed by atoms with E-state index in [1.807, 2.05) is 36.4 Å². The molecule has 1 atom stereocenters. The molecule has 2 N–H and O–H groups in total. The minimum atomic E-state index is -0.206. The summed E-state index contributed by atoms with van der Waals surface area (Å²) in [5.41, 5.74) is 6.74. The Morgan fingerprint density at radius 3 is 2.56 bits per heavy atom. The van der Waals surface area contributed by atoms with Crippen molar-refractivity contribution in [1.82, 2.24) is 0 Å². The van der Waals surface area contributed by atoms with Crippen molar-refractivity contribution in [3.63, 3.8) is 0 Å². The van der Waals surface area contributed by atoms with Crippen molar-refractivity contribution in [2.75, 3.05) is 13.7 Å². The van der Waals surface area contributed by atoms with Gasteiger partial charge in [-0.1, -0.05) is 12.1 Å². The Kier molecular flexibility index (Phi) is 4.39. The fourth-order valence-corrected chi connectivity index (χ4v) is 1.66. The van der Waals surface area contributed by atoms with Gasteiger partial charge >= 0.3 is 0 Å². The standard InChI is InChI=1S/C14H17NO3/c1-16-12-6-4-11(5-7-12)10-18-14(9-15)13-3-2-8-17-13/h2-8,14H,9-10,15H2,1H3. The first-order valence-corrected chi connectivity index (χ1v) is 5.81. The second-order valence-corrected chi connectivity index (χ2v) is 3.90. The van der Waals surface area contributed by atoms with Crippen LogP contribution in [0.2, 0.25) is 0 Å². The summed E-state index contributed by atoms with van der Waals surface area (Å²) in [4.78, 5) is 0. The Hall–Kier alpha value is -1.78. The molecule has 96 valence electrons. The van der Waals surface area contributed by atoms with E-state index in [-0.39, 0.29) is 6.10 Å². The van der Waals surface area contributed by atoms with E-state index in [0.717, 1.165) is 17.1 Å². The number of hydrogen-bond acceptors (Lipinski definition) is 4. The minimum absolute atomic E-state index is 0.206. The van der Waals surface area contributed by atoms with Gasteiger partial charge in [-0.3, -0.25) is 0 Å². The topological polar surface area (TPSA) is 57.6 Å². The molecule has 0 aliphatic heterocycles. The highest BCUT2D eigenvalue weighted by molar-refractivity contribution is 5.26. The average molecular weight is 247 g/mol. The van der Waals surface area contributed by atoms with E-state index in [2.05, 4.69) is 0 Å². The third-order valence-electron chi connectivity index (χ3n) is 2.68. The average Bonchev–Trinajstić information content (AvgIpc) is 2.94. The van der Waals surface area contributed by atoms with Gasteiger partial charge in [0.1, 0.15) is 17.6 Å². The summed E-state index contributed by atoms with van der Waals surface area (Å²) in [7, 11) is 1.65. The molecule has 0 saturated heterocycles. The first-order valence-electron chi connectivity index (χ1n) is 5.81. The minimum Gasteiger partial charge on any atom is -0.497 e. The number of methoxy groups -OCH3 is 1. The molecule has 0 aliphatic carbocycles. The lowest BCUT2D eigenvalue weighted by Gasteiger charge is -2.13. The van der Waals surface area contributed by atoms with Gasteiger partial charge < -0.3 is 19.6 Å². The lowest BCUT2D eigenvalue weighted by atomic mass is 10.2. The molecule has 1 aromatic heterocycles. The molecular formula is C14H17NO3. The fraction of sp³-hybridized carbons (Fsp3) is 0.286. The molecule has 0 aliphatic rings. The zero-order chi connectivity index (χ0) is 12.8. The normalized spacial score (nSPS) is 12.3. The fourth-order valence-electron chi connectivity index (χ4n) is 1.66. The molecule has 0 bridgehead atoms. The van der Waals surface area contributed by atoms with Gasteiger partial charge in [-0.05, 0) is 29.8 Å². The summed E-state index contributed by atoms with van der Waals surface area (Å²) >= 11 is 0. The van der Waals surface area contributed by atoms with E-state index in [4.69, 9.17) is 19.6 Å². The molecular weight excluding hydrogens is 230 g/mol. The first-order chi connectivity index (χ1) is 8.83. The second kappa shape index (κ2) is 6.23. The summed E-state index contributed by atoms with van der Waals surface area (Å²) < 4.78 is 16.1. The molecule has 1 aromatic carbocycles. The van der Waals surface area contributed by atoms with Crippen molar-refractivity contribution in [2.24, 2.45) is 5.73 Å². The van der Waals surface area contributed by atoms with Crippen molar-refractivity contribution in [1.29, 1.82) is 0 Å². The van der Waals surface area contributed by atoms with E-state index < -0.39 is 0 Å². The molecule has 0 fully saturated rings. The summed E-state index contributed by atoms with van der Waals surface area (Å²) in [6, 6.07) is 11.4. The van der Waals surface area contributed by atoms with Crippen LogP contribution < -0.4 is 10.5 Å². The van der Waals surface area contributed by atoms with Crippen LogP contribution in [-0.4, -0.2) is 13.7 Å². The van der Waals surface area contributed by atoms with E-state index in [1.165, 1.54) is 0 Å². The van der Waals surface area contributed by atoms with Gasteiger partial charge in [0.25, 0.3) is 0 Å². The Morgan fingerprint density at radius 1 is 1.22 bits per heavy atom. The summed E-state index contributed by atoms with van der Waals surface area (Å²) in [5.74, 6) is 1.59. The Balaban J connectivity index is 1.93. The Morgan fingerprint density at radius 2 is 2.00 bits per heavy atom. The van der Waals surface area contributed by atoms with E-state index in [1.54, 1.807) is 13.4 Å². The van der Waals surface area contributed by atoms with Gasteiger partial charge in [0.2, 0.25) is 0 Å². The highest BCUT2D eigenvalue weighted by Gasteiger charge is 2.12. The predicted molar refractivity (Wildman–Crippen MR) is 68.3 cm³/mol. The van der Waals surface area contributed by atoms with E-state index >= 15 is 0 Å². The number of rotatable bonds is 6. The van der Waals surface area contributed by atoms with Crippen molar-refractivity contribution in [3.05, 3.63) is 54.0 Å². The van der Waals surface area contributed by atoms with Crippen LogP contribution in [0.1, 0.15) is 17.4 Å². The molecule has 0 spiro atoms. The smallest absolute Gasteiger partial charge is 0.133 e. The molecule has 1 heterocycles. The summed E-state index contributed by atoms with van der Waals surface area (Å²) in [6.07, 6.45) is 1.41. The molecule has 1 unspecified atom stereocenters. The number of ether oxygens (including phenoxy) is 2. The molecule has 0 saturated carbocycles. The van der Waals surface area contributed by atoms with Crippen molar-refractivity contribution < 1.29 is 13.9 Å². The maximum absolute atomic E-state index is 5.74. The molecule has 4 nitrogen and oxygen atoms in total. The summed E-state index contributed by atoms with van der Waals surface area (Å²) in [6.45, 7) is 0.885. The van der Waals surface area contributed by atoms with E-state index in [0.29, 0.717) is 13.2 Å². The molecule has 2 rings (SSSR count). The Bertz CT molecular complexity index is 450. The number of nitrogens with two attached hydrogens (primary N) is 1. The highest BCUT2D eigenvalue weighted by atomic mass is 16.5.